The summed E-state index contributed by atoms with van der Waals surface area (Å²) in [5.74, 6) is 0.533. The zero-order valence-electron chi connectivity index (χ0n) is 8.27. The van der Waals surface area contributed by atoms with Gasteiger partial charge in [0.1, 0.15) is 5.82 Å². The zero-order valence-corrected chi connectivity index (χ0v) is 8.27. The lowest BCUT2D eigenvalue weighted by molar-refractivity contribution is 0.0839. The average molecular weight is 193 g/mol. The van der Waals surface area contributed by atoms with E-state index in [1.165, 1.54) is 0 Å². The molecule has 0 amide bonds. The third-order valence-electron chi connectivity index (χ3n) is 2.61. The highest BCUT2D eigenvalue weighted by atomic mass is 16.3. The Morgan fingerprint density at radius 3 is 3.00 bits per heavy atom. The molecule has 0 aromatic carbocycles. The fourth-order valence-electron chi connectivity index (χ4n) is 1.83. The predicted molar refractivity (Wildman–Crippen MR) is 56.1 cm³/mol. The van der Waals surface area contributed by atoms with Crippen LogP contribution >= 0.6 is 0 Å². The Balaban J connectivity index is 2.22. The highest BCUT2D eigenvalue weighted by Gasteiger charge is 2.32. The van der Waals surface area contributed by atoms with Gasteiger partial charge >= 0.3 is 0 Å². The number of aliphatic hydroxyl groups is 1. The number of anilines is 2. The van der Waals surface area contributed by atoms with E-state index in [0.717, 1.165) is 18.7 Å². The molecule has 4 heteroatoms. The lowest BCUT2D eigenvalue weighted by Crippen LogP contribution is -2.30. The Kier molecular flexibility index (Phi) is 2.07. The van der Waals surface area contributed by atoms with Gasteiger partial charge in [0, 0.05) is 19.3 Å². The molecule has 0 bridgehead atoms. The molecule has 3 N–H and O–H groups in total. The predicted octanol–water partition coefficient (Wildman–Crippen LogP) is 0.625. The van der Waals surface area contributed by atoms with Crippen molar-refractivity contribution in [3.05, 3.63) is 18.3 Å². The first-order valence-corrected chi connectivity index (χ1v) is 4.76. The number of pyridine rings is 1. The second kappa shape index (κ2) is 3.13. The molecule has 14 heavy (non-hydrogen) atoms. The Hall–Kier alpha value is -1.29. The van der Waals surface area contributed by atoms with Crippen LogP contribution in [0.3, 0.4) is 0 Å². The fourth-order valence-corrected chi connectivity index (χ4v) is 1.83. The molecule has 1 fully saturated rings. The molecule has 1 atom stereocenters. The largest absolute Gasteiger partial charge is 0.388 e. The van der Waals surface area contributed by atoms with Crippen LogP contribution in [0.15, 0.2) is 18.3 Å². The van der Waals surface area contributed by atoms with Gasteiger partial charge in [0.25, 0.3) is 0 Å². The summed E-state index contributed by atoms with van der Waals surface area (Å²) >= 11 is 0. The van der Waals surface area contributed by atoms with E-state index in [2.05, 4.69) is 9.88 Å². The molecule has 2 heterocycles. The van der Waals surface area contributed by atoms with Crippen molar-refractivity contribution in [2.45, 2.75) is 18.9 Å². The Morgan fingerprint density at radius 1 is 1.64 bits per heavy atom. The Morgan fingerprint density at radius 2 is 2.43 bits per heavy atom. The summed E-state index contributed by atoms with van der Waals surface area (Å²) in [7, 11) is 0. The van der Waals surface area contributed by atoms with Crippen molar-refractivity contribution in [1.82, 2.24) is 4.98 Å². The summed E-state index contributed by atoms with van der Waals surface area (Å²) in [5, 5.41) is 9.81. The smallest absolute Gasteiger partial charge is 0.146 e. The standard InChI is InChI=1S/C10H15N3O/c1-10(14)4-6-13(7-10)8-3-2-5-12-9(8)11/h2-3,5,14H,4,6-7H2,1H3,(H2,11,12). The zero-order chi connectivity index (χ0) is 10.2. The van der Waals surface area contributed by atoms with Crippen molar-refractivity contribution in [3.63, 3.8) is 0 Å². The second-order valence-electron chi connectivity index (χ2n) is 4.08. The van der Waals surface area contributed by atoms with Gasteiger partial charge in [-0.3, -0.25) is 0 Å². The molecule has 1 aromatic rings. The number of β-amino-alcohol motifs (C(OH)–C–C–N with tert-alkyl or cyclic N) is 1. The molecular formula is C10H15N3O. The van der Waals surface area contributed by atoms with Crippen LogP contribution in [0, 0.1) is 0 Å². The van der Waals surface area contributed by atoms with Crippen LogP contribution in [-0.2, 0) is 0 Å². The summed E-state index contributed by atoms with van der Waals surface area (Å²) in [5.41, 5.74) is 6.08. The van der Waals surface area contributed by atoms with E-state index in [0.29, 0.717) is 12.4 Å². The van der Waals surface area contributed by atoms with E-state index in [-0.39, 0.29) is 0 Å². The SMILES string of the molecule is CC1(O)CCN(c2cccnc2N)C1. The summed E-state index contributed by atoms with van der Waals surface area (Å²) in [6, 6.07) is 3.79. The highest BCUT2D eigenvalue weighted by Crippen LogP contribution is 2.28. The number of nitrogen functional groups attached to an aromatic ring is 1. The van der Waals surface area contributed by atoms with E-state index in [1.807, 2.05) is 19.1 Å². The molecule has 1 aliphatic rings. The maximum Gasteiger partial charge on any atom is 0.146 e. The first kappa shape index (κ1) is 9.27. The lowest BCUT2D eigenvalue weighted by Gasteiger charge is -2.21. The van der Waals surface area contributed by atoms with Gasteiger partial charge in [0.05, 0.1) is 11.3 Å². The molecule has 2 rings (SSSR count). The fraction of sp³-hybridized carbons (Fsp3) is 0.500. The second-order valence-corrected chi connectivity index (χ2v) is 4.08. The van der Waals surface area contributed by atoms with E-state index >= 15 is 0 Å². The van der Waals surface area contributed by atoms with Gasteiger partial charge in [0.2, 0.25) is 0 Å². The van der Waals surface area contributed by atoms with E-state index in [4.69, 9.17) is 5.73 Å². The molecule has 1 unspecified atom stereocenters. The molecular weight excluding hydrogens is 178 g/mol. The number of hydrogen-bond acceptors (Lipinski definition) is 4. The van der Waals surface area contributed by atoms with Crippen molar-refractivity contribution in [1.29, 1.82) is 0 Å². The Labute approximate surface area is 83.4 Å². The van der Waals surface area contributed by atoms with Gasteiger partial charge in [-0.2, -0.15) is 0 Å². The number of nitrogens with zero attached hydrogens (tertiary/aromatic N) is 2. The molecule has 0 saturated carbocycles. The quantitative estimate of drug-likeness (QED) is 0.686. The van der Waals surface area contributed by atoms with E-state index in [1.54, 1.807) is 6.20 Å². The average Bonchev–Trinajstić information content (AvgIpc) is 2.47. The molecule has 0 aliphatic carbocycles. The summed E-state index contributed by atoms with van der Waals surface area (Å²) < 4.78 is 0. The minimum atomic E-state index is -0.595. The van der Waals surface area contributed by atoms with Crippen molar-refractivity contribution in [3.8, 4) is 0 Å². The lowest BCUT2D eigenvalue weighted by atomic mass is 10.1. The topological polar surface area (TPSA) is 62.4 Å². The Bertz CT molecular complexity index is 338. The van der Waals surface area contributed by atoms with Crippen molar-refractivity contribution < 1.29 is 5.11 Å². The van der Waals surface area contributed by atoms with E-state index in [9.17, 15) is 5.11 Å². The number of aromatic nitrogens is 1. The minimum absolute atomic E-state index is 0.533. The molecule has 1 aromatic heterocycles. The van der Waals surface area contributed by atoms with Crippen LogP contribution in [-0.4, -0.2) is 28.8 Å². The maximum absolute atomic E-state index is 9.81. The third-order valence-corrected chi connectivity index (χ3v) is 2.61. The summed E-state index contributed by atoms with van der Waals surface area (Å²) in [6.45, 7) is 3.31. The van der Waals surface area contributed by atoms with Gasteiger partial charge in [0.15, 0.2) is 0 Å². The molecule has 0 radical (unpaired) electrons. The van der Waals surface area contributed by atoms with Gasteiger partial charge in [-0.25, -0.2) is 4.98 Å². The molecule has 76 valence electrons. The minimum Gasteiger partial charge on any atom is -0.388 e. The van der Waals surface area contributed by atoms with Gasteiger partial charge in [-0.15, -0.1) is 0 Å². The number of rotatable bonds is 1. The van der Waals surface area contributed by atoms with Crippen molar-refractivity contribution in [2.24, 2.45) is 0 Å². The van der Waals surface area contributed by atoms with Crippen LogP contribution in [0.25, 0.3) is 0 Å². The molecule has 1 aliphatic heterocycles. The van der Waals surface area contributed by atoms with Gasteiger partial charge in [-0.05, 0) is 25.5 Å². The number of hydrogen-bond donors (Lipinski definition) is 2. The van der Waals surface area contributed by atoms with Crippen LogP contribution in [0.4, 0.5) is 11.5 Å². The maximum atomic E-state index is 9.81. The van der Waals surface area contributed by atoms with Crippen LogP contribution in [0.5, 0.6) is 0 Å². The van der Waals surface area contributed by atoms with Crippen LogP contribution < -0.4 is 10.6 Å². The molecule has 4 nitrogen and oxygen atoms in total. The molecule has 1 saturated heterocycles. The summed E-state index contributed by atoms with van der Waals surface area (Å²) in [4.78, 5) is 6.10. The number of nitrogens with two attached hydrogens (primary N) is 1. The first-order valence-electron chi connectivity index (χ1n) is 4.76. The van der Waals surface area contributed by atoms with Gasteiger partial charge in [-0.1, -0.05) is 0 Å². The van der Waals surface area contributed by atoms with E-state index < -0.39 is 5.60 Å². The highest BCUT2D eigenvalue weighted by molar-refractivity contribution is 5.63. The first-order chi connectivity index (χ1) is 6.58. The summed E-state index contributed by atoms with van der Waals surface area (Å²) in [6.07, 6.45) is 2.45. The van der Waals surface area contributed by atoms with Crippen LogP contribution in [0.1, 0.15) is 13.3 Å². The normalized spacial score (nSPS) is 26.9. The van der Waals surface area contributed by atoms with Crippen LogP contribution in [0.2, 0.25) is 0 Å². The van der Waals surface area contributed by atoms with Gasteiger partial charge < -0.3 is 15.7 Å². The van der Waals surface area contributed by atoms with Crippen molar-refractivity contribution >= 4 is 11.5 Å². The third kappa shape index (κ3) is 1.65. The van der Waals surface area contributed by atoms with Crippen molar-refractivity contribution in [2.75, 3.05) is 23.7 Å². The molecule has 0 spiro atoms. The monoisotopic (exact) mass is 193 g/mol.